The molecule has 0 atom stereocenters. The van der Waals surface area contributed by atoms with E-state index in [1.807, 2.05) is 26.2 Å². The molecule has 0 aliphatic carbocycles. The van der Waals surface area contributed by atoms with Crippen LogP contribution < -0.4 is 10.2 Å². The zero-order valence-corrected chi connectivity index (χ0v) is 8.86. The number of hydrogen-bond donors (Lipinski definition) is 2. The zero-order valence-electron chi connectivity index (χ0n) is 8.86. The molecule has 0 amide bonds. The summed E-state index contributed by atoms with van der Waals surface area (Å²) in [6, 6.07) is 8.17. The molecule has 0 saturated carbocycles. The number of aromatic nitrogens is 2. The molecule has 4 heteroatoms. The first-order chi connectivity index (χ1) is 7.25. The smallest absolute Gasteiger partial charge is 0.204 e. The Labute approximate surface area is 89.0 Å². The van der Waals surface area contributed by atoms with Gasteiger partial charge < -0.3 is 15.2 Å². The molecule has 0 spiro atoms. The molecule has 0 radical (unpaired) electrons. The summed E-state index contributed by atoms with van der Waals surface area (Å²) in [6.45, 7) is 0. The average molecular weight is 202 g/mol. The average Bonchev–Trinajstić information content (AvgIpc) is 2.71. The number of imidazole rings is 1. The van der Waals surface area contributed by atoms with E-state index in [1.54, 1.807) is 12.4 Å². The van der Waals surface area contributed by atoms with Crippen LogP contribution in [0.25, 0.3) is 0 Å². The summed E-state index contributed by atoms with van der Waals surface area (Å²) in [5, 5.41) is 3.16. The molecule has 0 unspecified atom stereocenters. The van der Waals surface area contributed by atoms with E-state index in [9.17, 15) is 0 Å². The molecule has 0 aliphatic heterocycles. The van der Waals surface area contributed by atoms with Gasteiger partial charge in [-0.15, -0.1) is 0 Å². The van der Waals surface area contributed by atoms with Gasteiger partial charge in [0, 0.05) is 37.9 Å². The van der Waals surface area contributed by atoms with Crippen molar-refractivity contribution in [3.63, 3.8) is 0 Å². The van der Waals surface area contributed by atoms with Crippen LogP contribution in [0.5, 0.6) is 0 Å². The predicted octanol–water partition coefficient (Wildman–Crippen LogP) is 2.22. The predicted molar refractivity (Wildman–Crippen MR) is 62.6 cm³/mol. The minimum atomic E-state index is 0.757. The molecule has 0 aliphatic rings. The molecule has 2 rings (SSSR count). The van der Waals surface area contributed by atoms with Crippen LogP contribution in [0.1, 0.15) is 0 Å². The van der Waals surface area contributed by atoms with Gasteiger partial charge in [0.1, 0.15) is 0 Å². The Balaban J connectivity index is 2.11. The zero-order chi connectivity index (χ0) is 10.7. The van der Waals surface area contributed by atoms with Crippen molar-refractivity contribution >= 4 is 17.3 Å². The second-order valence-electron chi connectivity index (χ2n) is 3.50. The van der Waals surface area contributed by atoms with Gasteiger partial charge in [0.15, 0.2) is 0 Å². The van der Waals surface area contributed by atoms with Crippen LogP contribution in [0.15, 0.2) is 36.7 Å². The molecule has 0 saturated heterocycles. The van der Waals surface area contributed by atoms with Crippen LogP contribution in [0.2, 0.25) is 0 Å². The van der Waals surface area contributed by atoms with Crippen molar-refractivity contribution in [1.82, 2.24) is 9.97 Å². The Kier molecular flexibility index (Phi) is 2.58. The first-order valence-corrected chi connectivity index (χ1v) is 4.79. The summed E-state index contributed by atoms with van der Waals surface area (Å²) < 4.78 is 0. The molecule has 78 valence electrons. The van der Waals surface area contributed by atoms with Crippen LogP contribution in [-0.4, -0.2) is 24.1 Å². The topological polar surface area (TPSA) is 44.0 Å². The van der Waals surface area contributed by atoms with Crippen LogP contribution in [0.4, 0.5) is 17.3 Å². The van der Waals surface area contributed by atoms with Crippen LogP contribution >= 0.6 is 0 Å². The van der Waals surface area contributed by atoms with Crippen molar-refractivity contribution in [2.24, 2.45) is 0 Å². The van der Waals surface area contributed by atoms with Gasteiger partial charge in [-0.05, 0) is 24.3 Å². The van der Waals surface area contributed by atoms with Gasteiger partial charge >= 0.3 is 0 Å². The summed E-state index contributed by atoms with van der Waals surface area (Å²) in [6.07, 6.45) is 3.51. The minimum Gasteiger partial charge on any atom is -0.378 e. The summed E-state index contributed by atoms with van der Waals surface area (Å²) >= 11 is 0. The number of aromatic amines is 1. The lowest BCUT2D eigenvalue weighted by Gasteiger charge is -2.12. The molecule has 1 heterocycles. The quantitative estimate of drug-likeness (QED) is 0.802. The number of anilines is 3. The highest BCUT2D eigenvalue weighted by Crippen LogP contribution is 2.17. The summed E-state index contributed by atoms with van der Waals surface area (Å²) in [5.41, 5.74) is 2.20. The lowest BCUT2D eigenvalue weighted by Crippen LogP contribution is -2.08. The SMILES string of the molecule is CN(C)c1ccc(Nc2ncc[nH]2)cc1. The van der Waals surface area contributed by atoms with Gasteiger partial charge in [-0.2, -0.15) is 0 Å². The molecule has 1 aromatic heterocycles. The fraction of sp³-hybridized carbons (Fsp3) is 0.182. The Morgan fingerprint density at radius 2 is 1.93 bits per heavy atom. The molecule has 0 fully saturated rings. The van der Waals surface area contributed by atoms with Crippen LogP contribution in [-0.2, 0) is 0 Å². The standard InChI is InChI=1S/C11H14N4/c1-15(2)10-5-3-9(4-6-10)14-11-12-7-8-13-11/h3-8H,1-2H3,(H2,12,13,14). The lowest BCUT2D eigenvalue weighted by molar-refractivity contribution is 1.13. The van der Waals surface area contributed by atoms with Crippen molar-refractivity contribution in [2.75, 3.05) is 24.3 Å². The largest absolute Gasteiger partial charge is 0.378 e. The highest BCUT2D eigenvalue weighted by molar-refractivity contribution is 5.58. The highest BCUT2D eigenvalue weighted by atomic mass is 15.1. The maximum absolute atomic E-state index is 4.09. The fourth-order valence-corrected chi connectivity index (χ4v) is 1.31. The van der Waals surface area contributed by atoms with Crippen LogP contribution in [0.3, 0.4) is 0 Å². The van der Waals surface area contributed by atoms with E-state index >= 15 is 0 Å². The monoisotopic (exact) mass is 202 g/mol. The number of hydrogen-bond acceptors (Lipinski definition) is 3. The van der Waals surface area contributed by atoms with E-state index in [-0.39, 0.29) is 0 Å². The molecular formula is C11H14N4. The van der Waals surface area contributed by atoms with Crippen molar-refractivity contribution in [2.45, 2.75) is 0 Å². The van der Waals surface area contributed by atoms with Gasteiger partial charge in [0.05, 0.1) is 0 Å². The van der Waals surface area contributed by atoms with Crippen molar-refractivity contribution < 1.29 is 0 Å². The highest BCUT2D eigenvalue weighted by Gasteiger charge is 1.97. The van der Waals surface area contributed by atoms with E-state index in [4.69, 9.17) is 0 Å². The minimum absolute atomic E-state index is 0.757. The van der Waals surface area contributed by atoms with Gasteiger partial charge in [0.2, 0.25) is 5.95 Å². The summed E-state index contributed by atoms with van der Waals surface area (Å²) in [7, 11) is 4.05. The Morgan fingerprint density at radius 3 is 2.47 bits per heavy atom. The van der Waals surface area contributed by atoms with E-state index in [0.717, 1.165) is 11.6 Å². The van der Waals surface area contributed by atoms with Gasteiger partial charge in [0.25, 0.3) is 0 Å². The third kappa shape index (κ3) is 2.28. The third-order valence-electron chi connectivity index (χ3n) is 2.14. The fourth-order valence-electron chi connectivity index (χ4n) is 1.31. The molecule has 2 aromatic rings. The molecule has 15 heavy (non-hydrogen) atoms. The Morgan fingerprint density at radius 1 is 1.20 bits per heavy atom. The second kappa shape index (κ2) is 4.04. The maximum Gasteiger partial charge on any atom is 0.204 e. The lowest BCUT2D eigenvalue weighted by atomic mass is 10.2. The number of nitrogens with zero attached hydrogens (tertiary/aromatic N) is 2. The van der Waals surface area contributed by atoms with Gasteiger partial charge in [-0.1, -0.05) is 0 Å². The number of H-pyrrole nitrogens is 1. The van der Waals surface area contributed by atoms with Crippen molar-refractivity contribution in [3.05, 3.63) is 36.7 Å². The second-order valence-corrected chi connectivity index (χ2v) is 3.50. The number of benzene rings is 1. The molecule has 0 bridgehead atoms. The molecular weight excluding hydrogens is 188 g/mol. The first-order valence-electron chi connectivity index (χ1n) is 4.79. The molecule has 1 aromatic carbocycles. The Bertz CT molecular complexity index is 403. The number of rotatable bonds is 3. The van der Waals surface area contributed by atoms with Crippen molar-refractivity contribution in [3.8, 4) is 0 Å². The summed E-state index contributed by atoms with van der Waals surface area (Å²) in [4.78, 5) is 9.15. The summed E-state index contributed by atoms with van der Waals surface area (Å²) in [5.74, 6) is 0.757. The van der Waals surface area contributed by atoms with Crippen LogP contribution in [0, 0.1) is 0 Å². The van der Waals surface area contributed by atoms with E-state index in [1.165, 1.54) is 5.69 Å². The van der Waals surface area contributed by atoms with E-state index in [0.29, 0.717) is 0 Å². The first kappa shape index (κ1) is 9.58. The van der Waals surface area contributed by atoms with E-state index in [2.05, 4.69) is 32.3 Å². The van der Waals surface area contributed by atoms with Gasteiger partial charge in [-0.25, -0.2) is 4.98 Å². The molecule has 2 N–H and O–H groups in total. The number of nitrogens with one attached hydrogen (secondary N) is 2. The third-order valence-corrected chi connectivity index (χ3v) is 2.14. The maximum atomic E-state index is 4.09. The Hall–Kier alpha value is -1.97. The molecule has 4 nitrogen and oxygen atoms in total. The van der Waals surface area contributed by atoms with Gasteiger partial charge in [-0.3, -0.25) is 0 Å². The normalized spacial score (nSPS) is 10.0. The van der Waals surface area contributed by atoms with Crippen molar-refractivity contribution in [1.29, 1.82) is 0 Å². The van der Waals surface area contributed by atoms with E-state index < -0.39 is 0 Å².